The fourth-order valence-electron chi connectivity index (χ4n) is 0. The summed E-state index contributed by atoms with van der Waals surface area (Å²) in [4.78, 5) is 0. The molecule has 0 fully saturated rings. The zero-order valence-electron chi connectivity index (χ0n) is 3.16. The van der Waals surface area contributed by atoms with Crippen molar-refractivity contribution in [2.75, 3.05) is 0 Å². The zero-order chi connectivity index (χ0) is 4.28. The molecule has 0 rings (SSSR count). The molecule has 0 bridgehead atoms. The first-order chi connectivity index (χ1) is 2.27. The van der Waals surface area contributed by atoms with E-state index in [-0.39, 0.29) is 0 Å². The van der Waals surface area contributed by atoms with E-state index < -0.39 is 9.13 Å². The van der Waals surface area contributed by atoms with Crippen LogP contribution in [-0.4, -0.2) is 9.13 Å². The van der Waals surface area contributed by atoms with Gasteiger partial charge in [-0.2, -0.15) is 0 Å². The third-order valence-corrected chi connectivity index (χ3v) is 0.844. The molecule has 0 unspecified atom stereocenters. The van der Waals surface area contributed by atoms with E-state index in [9.17, 15) is 4.11 Å². The van der Waals surface area contributed by atoms with Crippen molar-refractivity contribution in [3.8, 4) is 0 Å². The van der Waals surface area contributed by atoms with Crippen molar-refractivity contribution < 1.29 is 4.11 Å². The van der Waals surface area contributed by atoms with E-state index in [0.29, 0.717) is 0 Å². The summed E-state index contributed by atoms with van der Waals surface area (Å²) in [5, 5.41) is 0. The van der Waals surface area contributed by atoms with Gasteiger partial charge in [0.25, 0.3) is 9.13 Å². The third kappa shape index (κ3) is 3.89. The van der Waals surface area contributed by atoms with E-state index in [2.05, 4.69) is 6.58 Å². The minimum Gasteiger partial charge on any atom is -0.309 e. The maximum atomic E-state index is 11.4. The van der Waals surface area contributed by atoms with Crippen molar-refractivity contribution >= 4 is 9.13 Å². The van der Waals surface area contributed by atoms with Crippen molar-refractivity contribution in [1.29, 1.82) is 0 Å². The van der Waals surface area contributed by atoms with Crippen LogP contribution in [-0.2, 0) is 0 Å². The number of hydrogen-bond acceptors (Lipinski definition) is 0. The van der Waals surface area contributed by atoms with Crippen LogP contribution in [0.5, 0.6) is 0 Å². The summed E-state index contributed by atoms with van der Waals surface area (Å²) in [6.07, 6.45) is 0. The van der Waals surface area contributed by atoms with Crippen LogP contribution >= 0.6 is 0 Å². The predicted molar refractivity (Wildman–Crippen MR) is 22.9 cm³/mol. The number of rotatable bonds is 1. The van der Waals surface area contributed by atoms with Gasteiger partial charge in [-0.25, -0.2) is 0 Å². The van der Waals surface area contributed by atoms with Gasteiger partial charge in [-0.3, -0.25) is 0 Å². The summed E-state index contributed by atoms with van der Waals surface area (Å²) in [5.41, 5.74) is 1.35. The SMILES string of the molecule is C=C[Si](C)F. The highest BCUT2D eigenvalue weighted by Crippen LogP contribution is 1.77. The first kappa shape index (κ1) is 4.89. The molecule has 0 aliphatic carbocycles. The fourth-order valence-corrected chi connectivity index (χ4v) is 0. The Kier molecular flexibility index (Phi) is 2.10. The van der Waals surface area contributed by atoms with Gasteiger partial charge in [0, 0.05) is 0 Å². The lowest BCUT2D eigenvalue weighted by atomic mass is 11.3. The van der Waals surface area contributed by atoms with Gasteiger partial charge >= 0.3 is 0 Å². The highest BCUT2D eigenvalue weighted by Gasteiger charge is 1.87. The Hall–Kier alpha value is -0.113. The molecule has 0 atom stereocenters. The molecule has 1 radical (unpaired) electrons. The Balaban J connectivity index is 2.83. The molecule has 0 aliphatic rings. The Morgan fingerprint density at radius 3 is 2.20 bits per heavy atom. The van der Waals surface area contributed by atoms with E-state index in [1.807, 2.05) is 0 Å². The average Bonchev–Trinajstić information content (AvgIpc) is 1.38. The molecule has 0 nitrogen and oxygen atoms in total. The number of halogens is 1. The van der Waals surface area contributed by atoms with Gasteiger partial charge in [-0.15, -0.1) is 6.58 Å². The molecule has 2 heteroatoms. The molecule has 0 saturated carbocycles. The van der Waals surface area contributed by atoms with Gasteiger partial charge in [0.15, 0.2) is 0 Å². The standard InChI is InChI=1S/C3H6FSi/c1-3-5(2)4/h3H,1H2,2H3. The highest BCUT2D eigenvalue weighted by molar-refractivity contribution is 6.55. The third-order valence-electron chi connectivity index (χ3n) is 0.281. The second kappa shape index (κ2) is 2.14. The molecule has 0 heterocycles. The molecule has 0 aromatic carbocycles. The first-order valence-corrected chi connectivity index (χ1v) is 3.34. The normalized spacial score (nSPS) is 8.60. The molecule has 0 aromatic heterocycles. The van der Waals surface area contributed by atoms with E-state index >= 15 is 0 Å². The second-order valence-corrected chi connectivity index (χ2v) is 2.37. The van der Waals surface area contributed by atoms with Crippen molar-refractivity contribution in [3.05, 3.63) is 12.3 Å². The van der Waals surface area contributed by atoms with Gasteiger partial charge in [-0.05, 0) is 6.55 Å². The van der Waals surface area contributed by atoms with Crippen LogP contribution in [0.2, 0.25) is 6.55 Å². The summed E-state index contributed by atoms with van der Waals surface area (Å²) in [7, 11) is -1.61. The molecule has 0 aromatic rings. The van der Waals surface area contributed by atoms with Gasteiger partial charge in [0.1, 0.15) is 0 Å². The minimum absolute atomic E-state index is 1.35. The number of hydrogen-bond donors (Lipinski definition) is 0. The summed E-state index contributed by atoms with van der Waals surface area (Å²) >= 11 is 0. The topological polar surface area (TPSA) is 0 Å². The predicted octanol–water partition coefficient (Wildman–Crippen LogP) is 1.30. The molecule has 29 valence electrons. The zero-order valence-corrected chi connectivity index (χ0v) is 4.16. The smallest absolute Gasteiger partial charge is 0.294 e. The van der Waals surface area contributed by atoms with Crippen LogP contribution in [0.1, 0.15) is 0 Å². The van der Waals surface area contributed by atoms with Crippen LogP contribution in [0.3, 0.4) is 0 Å². The van der Waals surface area contributed by atoms with E-state index in [1.54, 1.807) is 0 Å². The molecular formula is C3H6FSi. The van der Waals surface area contributed by atoms with Crippen LogP contribution in [0, 0.1) is 0 Å². The second-order valence-electron chi connectivity index (χ2n) is 0.791. The van der Waals surface area contributed by atoms with Crippen molar-refractivity contribution in [2.45, 2.75) is 6.55 Å². The lowest BCUT2D eigenvalue weighted by Gasteiger charge is -1.73. The lowest BCUT2D eigenvalue weighted by molar-refractivity contribution is 0.855. The van der Waals surface area contributed by atoms with Gasteiger partial charge in [-0.1, -0.05) is 5.70 Å². The van der Waals surface area contributed by atoms with Crippen LogP contribution in [0.15, 0.2) is 12.3 Å². The Labute approximate surface area is 33.1 Å². The fraction of sp³-hybridized carbons (Fsp3) is 0.333. The molecule has 0 amide bonds. The monoisotopic (exact) mass is 89.0 g/mol. The Morgan fingerprint density at radius 2 is 2.20 bits per heavy atom. The highest BCUT2D eigenvalue weighted by atomic mass is 28.3. The van der Waals surface area contributed by atoms with Crippen molar-refractivity contribution in [3.63, 3.8) is 0 Å². The minimum atomic E-state index is -1.61. The Morgan fingerprint density at radius 1 is 2.00 bits per heavy atom. The van der Waals surface area contributed by atoms with Gasteiger partial charge in [0.05, 0.1) is 0 Å². The molecule has 0 spiro atoms. The van der Waals surface area contributed by atoms with Crippen LogP contribution in [0.4, 0.5) is 4.11 Å². The lowest BCUT2D eigenvalue weighted by Crippen LogP contribution is -1.86. The van der Waals surface area contributed by atoms with Gasteiger partial charge in [0.2, 0.25) is 0 Å². The molecule has 0 aliphatic heterocycles. The summed E-state index contributed by atoms with van der Waals surface area (Å²) in [5.74, 6) is 0. The maximum absolute atomic E-state index is 11.4. The van der Waals surface area contributed by atoms with Crippen molar-refractivity contribution in [1.82, 2.24) is 0 Å². The summed E-state index contributed by atoms with van der Waals surface area (Å²) < 4.78 is 11.4. The van der Waals surface area contributed by atoms with Crippen LogP contribution < -0.4 is 0 Å². The van der Waals surface area contributed by atoms with E-state index in [1.165, 1.54) is 12.2 Å². The molecular weight excluding hydrogens is 83.1 g/mol. The molecule has 5 heavy (non-hydrogen) atoms. The quantitative estimate of drug-likeness (QED) is 0.335. The van der Waals surface area contributed by atoms with Gasteiger partial charge < -0.3 is 4.11 Å². The largest absolute Gasteiger partial charge is 0.309 e. The summed E-state index contributed by atoms with van der Waals surface area (Å²) in [6, 6.07) is 0. The van der Waals surface area contributed by atoms with E-state index in [0.717, 1.165) is 0 Å². The first-order valence-electron chi connectivity index (χ1n) is 1.39. The van der Waals surface area contributed by atoms with Crippen molar-refractivity contribution in [2.24, 2.45) is 0 Å². The maximum Gasteiger partial charge on any atom is 0.294 e. The molecule has 0 saturated heterocycles. The van der Waals surface area contributed by atoms with Crippen LogP contribution in [0.25, 0.3) is 0 Å². The molecule has 0 N–H and O–H groups in total. The average molecular weight is 89.2 g/mol. The Bertz CT molecular complexity index is 33.9. The summed E-state index contributed by atoms with van der Waals surface area (Å²) in [6.45, 7) is 4.77. The van der Waals surface area contributed by atoms with E-state index in [4.69, 9.17) is 0 Å².